The number of halogens is 2. The normalized spacial score (nSPS) is 31.0. The van der Waals surface area contributed by atoms with Crippen LogP contribution in [0.2, 0.25) is 0 Å². The second kappa shape index (κ2) is 3.29. The van der Waals surface area contributed by atoms with E-state index in [1.165, 1.54) is 0 Å². The average molecular weight is 177 g/mol. The van der Waals surface area contributed by atoms with Gasteiger partial charge in [0.15, 0.2) is 0 Å². The summed E-state index contributed by atoms with van der Waals surface area (Å²) in [5, 5.41) is 0. The summed E-state index contributed by atoms with van der Waals surface area (Å²) in [7, 11) is 1.75. The number of nitrogens with zero attached hydrogens (tertiary/aromatic N) is 1. The van der Waals surface area contributed by atoms with Crippen LogP contribution >= 0.6 is 0 Å². The number of alkyl halides is 2. The quantitative estimate of drug-likeness (QED) is 0.593. The van der Waals surface area contributed by atoms with E-state index < -0.39 is 11.8 Å². The van der Waals surface area contributed by atoms with Crippen molar-refractivity contribution < 1.29 is 8.78 Å². The molecule has 1 atom stereocenters. The Morgan fingerprint density at radius 1 is 1.42 bits per heavy atom. The van der Waals surface area contributed by atoms with Gasteiger partial charge in [0.1, 0.15) is 0 Å². The van der Waals surface area contributed by atoms with Crippen LogP contribution in [-0.4, -0.2) is 31.0 Å². The Morgan fingerprint density at radius 3 is 2.42 bits per heavy atom. The van der Waals surface area contributed by atoms with Gasteiger partial charge in [0, 0.05) is 5.92 Å². The van der Waals surface area contributed by atoms with E-state index in [1.54, 1.807) is 11.9 Å². The van der Waals surface area contributed by atoms with E-state index >= 15 is 0 Å². The first-order valence-electron chi connectivity index (χ1n) is 4.50. The standard InChI is InChI=1S/C9H17F2N/c1-7(2)8-4-5-12(3)6-9(8,10)11/h7-8H,4-6H2,1-3H3. The number of piperidine rings is 1. The molecule has 0 aromatic carbocycles. The summed E-state index contributed by atoms with van der Waals surface area (Å²) in [4.78, 5) is 1.71. The first-order chi connectivity index (χ1) is 5.43. The molecule has 1 aliphatic heterocycles. The summed E-state index contributed by atoms with van der Waals surface area (Å²) < 4.78 is 26.7. The van der Waals surface area contributed by atoms with Crippen LogP contribution in [0.25, 0.3) is 0 Å². The summed E-state index contributed by atoms with van der Waals surface area (Å²) in [5.41, 5.74) is 0. The Kier molecular flexibility index (Phi) is 2.71. The van der Waals surface area contributed by atoms with Gasteiger partial charge in [0.05, 0.1) is 6.54 Å². The second-order valence-electron chi connectivity index (χ2n) is 4.14. The fourth-order valence-electron chi connectivity index (χ4n) is 1.95. The molecule has 0 bridgehead atoms. The van der Waals surface area contributed by atoms with Gasteiger partial charge in [-0.25, -0.2) is 8.78 Å². The van der Waals surface area contributed by atoms with Gasteiger partial charge in [0.25, 0.3) is 5.92 Å². The van der Waals surface area contributed by atoms with Crippen molar-refractivity contribution in [2.24, 2.45) is 11.8 Å². The van der Waals surface area contributed by atoms with Crippen molar-refractivity contribution in [1.29, 1.82) is 0 Å². The molecule has 1 unspecified atom stereocenters. The van der Waals surface area contributed by atoms with E-state index in [0.29, 0.717) is 6.42 Å². The largest absolute Gasteiger partial charge is 0.301 e. The maximum atomic E-state index is 13.3. The molecule has 0 aromatic rings. The van der Waals surface area contributed by atoms with Crippen LogP contribution in [0.3, 0.4) is 0 Å². The molecule has 1 heterocycles. The smallest absolute Gasteiger partial charge is 0.263 e. The molecule has 1 saturated heterocycles. The summed E-state index contributed by atoms with van der Waals surface area (Å²) in [6, 6.07) is 0. The summed E-state index contributed by atoms with van der Waals surface area (Å²) in [6.07, 6.45) is 0.626. The molecular formula is C9H17F2N. The molecule has 0 saturated carbocycles. The highest BCUT2D eigenvalue weighted by atomic mass is 19.3. The van der Waals surface area contributed by atoms with Gasteiger partial charge in [-0.1, -0.05) is 13.8 Å². The van der Waals surface area contributed by atoms with Crippen LogP contribution in [-0.2, 0) is 0 Å². The van der Waals surface area contributed by atoms with Gasteiger partial charge >= 0.3 is 0 Å². The zero-order valence-corrected chi connectivity index (χ0v) is 7.98. The molecule has 72 valence electrons. The first kappa shape index (κ1) is 9.90. The summed E-state index contributed by atoms with van der Waals surface area (Å²) in [6.45, 7) is 4.49. The lowest BCUT2D eigenvalue weighted by Gasteiger charge is -2.38. The molecule has 12 heavy (non-hydrogen) atoms. The Labute approximate surface area is 72.7 Å². The van der Waals surface area contributed by atoms with E-state index in [4.69, 9.17) is 0 Å². The van der Waals surface area contributed by atoms with Crippen LogP contribution < -0.4 is 0 Å². The predicted octanol–water partition coefficient (Wildman–Crippen LogP) is 2.23. The zero-order valence-electron chi connectivity index (χ0n) is 7.98. The molecule has 1 rings (SSSR count). The lowest BCUT2D eigenvalue weighted by atomic mass is 9.84. The zero-order chi connectivity index (χ0) is 9.35. The highest BCUT2D eigenvalue weighted by Gasteiger charge is 2.44. The molecular weight excluding hydrogens is 160 g/mol. The fourth-order valence-corrected chi connectivity index (χ4v) is 1.95. The van der Waals surface area contributed by atoms with Crippen molar-refractivity contribution >= 4 is 0 Å². The minimum Gasteiger partial charge on any atom is -0.301 e. The van der Waals surface area contributed by atoms with Crippen molar-refractivity contribution in [3.8, 4) is 0 Å². The average Bonchev–Trinajstić information content (AvgIpc) is 1.82. The van der Waals surface area contributed by atoms with Gasteiger partial charge in [-0.15, -0.1) is 0 Å². The lowest BCUT2D eigenvalue weighted by molar-refractivity contribution is -0.119. The number of hydrogen-bond acceptors (Lipinski definition) is 1. The van der Waals surface area contributed by atoms with Crippen LogP contribution in [0, 0.1) is 11.8 Å². The summed E-state index contributed by atoms with van der Waals surface area (Å²) >= 11 is 0. The van der Waals surface area contributed by atoms with Crippen LogP contribution in [0.4, 0.5) is 8.78 Å². The van der Waals surface area contributed by atoms with Crippen LogP contribution in [0.1, 0.15) is 20.3 Å². The Morgan fingerprint density at radius 2 is 2.00 bits per heavy atom. The fraction of sp³-hybridized carbons (Fsp3) is 1.00. The van der Waals surface area contributed by atoms with E-state index in [-0.39, 0.29) is 12.5 Å². The molecule has 0 aliphatic carbocycles. The maximum Gasteiger partial charge on any atom is 0.263 e. The molecule has 1 fully saturated rings. The van der Waals surface area contributed by atoms with E-state index in [1.807, 2.05) is 13.8 Å². The molecule has 0 radical (unpaired) electrons. The second-order valence-corrected chi connectivity index (χ2v) is 4.14. The van der Waals surface area contributed by atoms with Crippen LogP contribution in [0.5, 0.6) is 0 Å². The minimum absolute atomic E-state index is 0.0736. The van der Waals surface area contributed by atoms with Crippen LogP contribution in [0.15, 0.2) is 0 Å². The van der Waals surface area contributed by atoms with Crippen molar-refractivity contribution in [3.63, 3.8) is 0 Å². The predicted molar refractivity (Wildman–Crippen MR) is 45.4 cm³/mol. The molecule has 0 spiro atoms. The van der Waals surface area contributed by atoms with Gasteiger partial charge in [-0.3, -0.25) is 0 Å². The minimum atomic E-state index is -2.48. The summed E-state index contributed by atoms with van der Waals surface area (Å²) in [5.74, 6) is -2.82. The lowest BCUT2D eigenvalue weighted by Crippen LogP contribution is -2.48. The molecule has 0 N–H and O–H groups in total. The van der Waals surface area contributed by atoms with Crippen molar-refractivity contribution in [1.82, 2.24) is 4.90 Å². The third-order valence-electron chi connectivity index (χ3n) is 2.65. The van der Waals surface area contributed by atoms with Gasteiger partial charge < -0.3 is 4.90 Å². The number of rotatable bonds is 1. The molecule has 3 heteroatoms. The molecule has 0 amide bonds. The highest BCUT2D eigenvalue weighted by Crippen LogP contribution is 2.36. The molecule has 1 aliphatic rings. The molecule has 0 aromatic heterocycles. The van der Waals surface area contributed by atoms with Crippen molar-refractivity contribution in [3.05, 3.63) is 0 Å². The SMILES string of the molecule is CC(C)C1CCN(C)CC1(F)F. The van der Waals surface area contributed by atoms with E-state index in [9.17, 15) is 8.78 Å². The Bertz CT molecular complexity index is 157. The van der Waals surface area contributed by atoms with Crippen molar-refractivity contribution in [2.75, 3.05) is 20.1 Å². The molecule has 1 nitrogen and oxygen atoms in total. The Hall–Kier alpha value is -0.180. The van der Waals surface area contributed by atoms with Crippen molar-refractivity contribution in [2.45, 2.75) is 26.2 Å². The third-order valence-corrected chi connectivity index (χ3v) is 2.65. The van der Waals surface area contributed by atoms with Gasteiger partial charge in [0.2, 0.25) is 0 Å². The van der Waals surface area contributed by atoms with E-state index in [0.717, 1.165) is 6.54 Å². The topological polar surface area (TPSA) is 3.24 Å². The third kappa shape index (κ3) is 1.94. The van der Waals surface area contributed by atoms with Gasteiger partial charge in [-0.05, 0) is 25.9 Å². The number of hydrogen-bond donors (Lipinski definition) is 0. The Balaban J connectivity index is 2.64. The van der Waals surface area contributed by atoms with E-state index in [2.05, 4.69) is 0 Å². The maximum absolute atomic E-state index is 13.3. The monoisotopic (exact) mass is 177 g/mol. The van der Waals surface area contributed by atoms with Gasteiger partial charge in [-0.2, -0.15) is 0 Å². The number of likely N-dealkylation sites (tertiary alicyclic amines) is 1. The highest BCUT2D eigenvalue weighted by molar-refractivity contribution is 4.86. The first-order valence-corrected chi connectivity index (χ1v) is 4.50.